The molecular formula is C16H26ClN5O. The van der Waals surface area contributed by atoms with Crippen LogP contribution in [0.25, 0.3) is 11.0 Å². The van der Waals surface area contributed by atoms with Gasteiger partial charge in [-0.15, -0.1) is 0 Å². The topological polar surface area (TPSA) is 66.2 Å². The SMILES string of the molecule is CC(C)n1ncc2cc(CNCC(C)(O)CN(C)C)c(Cl)nc21. The van der Waals surface area contributed by atoms with Gasteiger partial charge in [-0.1, -0.05) is 11.6 Å². The van der Waals surface area contributed by atoms with E-state index in [1.54, 1.807) is 0 Å². The molecule has 0 spiro atoms. The van der Waals surface area contributed by atoms with Crippen LogP contribution >= 0.6 is 11.6 Å². The molecule has 2 N–H and O–H groups in total. The van der Waals surface area contributed by atoms with Crippen LogP contribution in [0.4, 0.5) is 0 Å². The number of likely N-dealkylation sites (N-methyl/N-ethyl adjacent to an activating group) is 1. The Hall–Kier alpha value is -1.21. The highest BCUT2D eigenvalue weighted by Crippen LogP contribution is 2.22. The maximum atomic E-state index is 10.3. The largest absolute Gasteiger partial charge is 0.388 e. The van der Waals surface area contributed by atoms with Crippen molar-refractivity contribution in [2.45, 2.75) is 39.0 Å². The third kappa shape index (κ3) is 4.64. The van der Waals surface area contributed by atoms with Crippen LogP contribution in [0.2, 0.25) is 5.15 Å². The molecule has 2 rings (SSSR count). The molecule has 6 nitrogen and oxygen atoms in total. The van der Waals surface area contributed by atoms with E-state index in [0.717, 1.165) is 16.6 Å². The van der Waals surface area contributed by atoms with Gasteiger partial charge in [0.05, 0.1) is 11.8 Å². The Bertz CT molecular complexity index is 666. The van der Waals surface area contributed by atoms with Crippen molar-refractivity contribution in [1.82, 2.24) is 25.0 Å². The van der Waals surface area contributed by atoms with Gasteiger partial charge in [0.1, 0.15) is 5.15 Å². The monoisotopic (exact) mass is 339 g/mol. The summed E-state index contributed by atoms with van der Waals surface area (Å²) >= 11 is 6.31. The van der Waals surface area contributed by atoms with Gasteiger partial charge in [-0.2, -0.15) is 5.10 Å². The first-order valence-electron chi connectivity index (χ1n) is 7.80. The molecule has 7 heteroatoms. The summed E-state index contributed by atoms with van der Waals surface area (Å²) in [5.74, 6) is 0. The molecule has 23 heavy (non-hydrogen) atoms. The minimum Gasteiger partial charge on any atom is -0.388 e. The predicted octanol–water partition coefficient (Wildman–Crippen LogP) is 2.07. The molecule has 0 aliphatic carbocycles. The van der Waals surface area contributed by atoms with Crippen molar-refractivity contribution < 1.29 is 5.11 Å². The molecule has 128 valence electrons. The minimum atomic E-state index is -0.796. The van der Waals surface area contributed by atoms with Crippen molar-refractivity contribution in [2.24, 2.45) is 0 Å². The molecule has 0 saturated heterocycles. The van der Waals surface area contributed by atoms with E-state index in [1.807, 2.05) is 42.9 Å². The van der Waals surface area contributed by atoms with Gasteiger partial charge in [-0.3, -0.25) is 0 Å². The van der Waals surface area contributed by atoms with E-state index in [0.29, 0.717) is 24.8 Å². The molecular weight excluding hydrogens is 314 g/mol. The number of hydrogen-bond donors (Lipinski definition) is 2. The van der Waals surface area contributed by atoms with E-state index in [2.05, 4.69) is 29.2 Å². The molecule has 0 saturated carbocycles. The van der Waals surface area contributed by atoms with Gasteiger partial charge in [0.15, 0.2) is 5.65 Å². The molecule has 0 fully saturated rings. The van der Waals surface area contributed by atoms with Gasteiger partial charge < -0.3 is 15.3 Å². The van der Waals surface area contributed by atoms with Crippen LogP contribution in [0.3, 0.4) is 0 Å². The van der Waals surface area contributed by atoms with Crippen LogP contribution in [0.15, 0.2) is 12.3 Å². The molecule has 0 aromatic carbocycles. The minimum absolute atomic E-state index is 0.237. The van der Waals surface area contributed by atoms with Crippen LogP contribution in [0, 0.1) is 0 Å². The summed E-state index contributed by atoms with van der Waals surface area (Å²) in [5, 5.41) is 19.4. The molecule has 1 atom stereocenters. The Morgan fingerprint density at radius 1 is 1.43 bits per heavy atom. The van der Waals surface area contributed by atoms with Crippen LogP contribution < -0.4 is 5.32 Å². The zero-order valence-electron chi connectivity index (χ0n) is 14.5. The van der Waals surface area contributed by atoms with Crippen LogP contribution in [-0.2, 0) is 6.54 Å². The van der Waals surface area contributed by atoms with Crippen LogP contribution in [0.1, 0.15) is 32.4 Å². The second kappa shape index (κ2) is 7.13. The molecule has 0 radical (unpaired) electrons. The fraction of sp³-hybridized carbons (Fsp3) is 0.625. The van der Waals surface area contributed by atoms with E-state index in [4.69, 9.17) is 11.6 Å². The van der Waals surface area contributed by atoms with Gasteiger partial charge in [0.2, 0.25) is 0 Å². The van der Waals surface area contributed by atoms with Gasteiger partial charge in [-0.05, 0) is 40.9 Å². The van der Waals surface area contributed by atoms with Crippen molar-refractivity contribution in [3.63, 3.8) is 0 Å². The Kier molecular flexibility index (Phi) is 5.62. The number of nitrogens with one attached hydrogen (secondary N) is 1. The number of pyridine rings is 1. The lowest BCUT2D eigenvalue weighted by atomic mass is 10.1. The van der Waals surface area contributed by atoms with Crippen molar-refractivity contribution in [2.75, 3.05) is 27.2 Å². The molecule has 2 aromatic rings. The van der Waals surface area contributed by atoms with E-state index < -0.39 is 5.60 Å². The quantitative estimate of drug-likeness (QED) is 0.756. The third-order valence-electron chi connectivity index (χ3n) is 3.56. The molecule has 0 bridgehead atoms. The number of rotatable bonds is 7. The number of fused-ring (bicyclic) bond motifs is 1. The standard InChI is InChI=1S/C16H26ClN5O/c1-11(2)22-15-13(8-19-22)6-12(14(17)20-15)7-18-9-16(3,23)10-21(4)5/h6,8,11,18,23H,7,9-10H2,1-5H3. The van der Waals surface area contributed by atoms with E-state index >= 15 is 0 Å². The van der Waals surface area contributed by atoms with Crippen LogP contribution in [-0.4, -0.2) is 57.6 Å². The summed E-state index contributed by atoms with van der Waals surface area (Å²) < 4.78 is 1.86. The highest BCUT2D eigenvalue weighted by Gasteiger charge is 2.21. The Labute approximate surface area is 142 Å². The second-order valence-electron chi connectivity index (χ2n) is 6.87. The fourth-order valence-electron chi connectivity index (χ4n) is 2.70. The number of hydrogen-bond acceptors (Lipinski definition) is 5. The van der Waals surface area contributed by atoms with E-state index in [1.165, 1.54) is 0 Å². The van der Waals surface area contributed by atoms with Crippen molar-refractivity contribution >= 4 is 22.6 Å². The molecule has 2 aromatic heterocycles. The zero-order valence-corrected chi connectivity index (χ0v) is 15.2. The number of halogens is 1. The number of aliphatic hydroxyl groups is 1. The third-order valence-corrected chi connectivity index (χ3v) is 3.89. The Balaban J connectivity index is 2.08. The van der Waals surface area contributed by atoms with Gasteiger partial charge in [0.25, 0.3) is 0 Å². The molecule has 1 unspecified atom stereocenters. The lowest BCUT2D eigenvalue weighted by Crippen LogP contribution is -2.45. The van der Waals surface area contributed by atoms with Crippen molar-refractivity contribution in [3.05, 3.63) is 23.0 Å². The maximum Gasteiger partial charge on any atom is 0.159 e. The fourth-order valence-corrected chi connectivity index (χ4v) is 2.91. The molecule has 0 aliphatic heterocycles. The van der Waals surface area contributed by atoms with Crippen molar-refractivity contribution in [3.8, 4) is 0 Å². The van der Waals surface area contributed by atoms with Gasteiger partial charge >= 0.3 is 0 Å². The highest BCUT2D eigenvalue weighted by molar-refractivity contribution is 6.30. The maximum absolute atomic E-state index is 10.3. The summed E-state index contributed by atoms with van der Waals surface area (Å²) in [6.07, 6.45) is 1.81. The summed E-state index contributed by atoms with van der Waals surface area (Å²) in [6, 6.07) is 2.24. The molecule has 2 heterocycles. The zero-order chi connectivity index (χ0) is 17.2. The van der Waals surface area contributed by atoms with E-state index in [-0.39, 0.29) is 6.04 Å². The summed E-state index contributed by atoms with van der Waals surface area (Å²) in [6.45, 7) is 7.56. The second-order valence-corrected chi connectivity index (χ2v) is 7.23. The van der Waals surface area contributed by atoms with E-state index in [9.17, 15) is 5.11 Å². The Morgan fingerprint density at radius 3 is 2.74 bits per heavy atom. The van der Waals surface area contributed by atoms with Crippen LogP contribution in [0.5, 0.6) is 0 Å². The molecule has 0 aliphatic rings. The average molecular weight is 340 g/mol. The predicted molar refractivity (Wildman–Crippen MR) is 93.8 cm³/mol. The Morgan fingerprint density at radius 2 is 2.13 bits per heavy atom. The summed E-state index contributed by atoms with van der Waals surface area (Å²) in [5.41, 5.74) is 0.909. The van der Waals surface area contributed by atoms with Gasteiger partial charge in [0, 0.05) is 36.6 Å². The smallest absolute Gasteiger partial charge is 0.159 e. The summed E-state index contributed by atoms with van der Waals surface area (Å²) in [4.78, 5) is 6.44. The first-order chi connectivity index (χ1) is 10.7. The number of aromatic nitrogens is 3. The lowest BCUT2D eigenvalue weighted by molar-refractivity contribution is 0.0336. The average Bonchev–Trinajstić information content (AvgIpc) is 2.79. The lowest BCUT2D eigenvalue weighted by Gasteiger charge is -2.27. The first-order valence-corrected chi connectivity index (χ1v) is 8.18. The van der Waals surface area contributed by atoms with Crippen molar-refractivity contribution in [1.29, 1.82) is 0 Å². The molecule has 0 amide bonds. The highest BCUT2D eigenvalue weighted by atomic mass is 35.5. The summed E-state index contributed by atoms with van der Waals surface area (Å²) in [7, 11) is 3.88. The number of nitrogens with zero attached hydrogens (tertiary/aromatic N) is 4. The first kappa shape index (κ1) is 18.1. The normalized spacial score (nSPS) is 14.8. The van der Waals surface area contributed by atoms with Gasteiger partial charge in [-0.25, -0.2) is 9.67 Å².